The number of piperidine rings is 1. The zero-order valence-corrected chi connectivity index (χ0v) is 18.1. The Hall–Kier alpha value is -2.24. The molecule has 4 rings (SSSR count). The molecule has 0 unspecified atom stereocenters. The van der Waals surface area contributed by atoms with E-state index in [0.717, 1.165) is 54.4 Å². The number of benzene rings is 2. The lowest BCUT2D eigenvalue weighted by molar-refractivity contribution is -0.137. The topological polar surface area (TPSA) is 59.0 Å². The molecule has 0 atom stereocenters. The second-order valence-electron chi connectivity index (χ2n) is 8.28. The fraction of sp³-hybridized carbons (Fsp3) is 0.458. The highest BCUT2D eigenvalue weighted by atomic mass is 35.5. The predicted molar refractivity (Wildman–Crippen MR) is 117 cm³/mol. The van der Waals surface area contributed by atoms with Gasteiger partial charge in [-0.3, -0.25) is 4.79 Å². The number of likely N-dealkylation sites (tertiary alicyclic amines) is 1. The van der Waals surface area contributed by atoms with Crippen molar-refractivity contribution in [2.45, 2.75) is 44.6 Å². The van der Waals surface area contributed by atoms with E-state index in [1.165, 1.54) is 11.1 Å². The lowest BCUT2D eigenvalue weighted by atomic mass is 9.74. The molecule has 5 nitrogen and oxygen atoms in total. The van der Waals surface area contributed by atoms with Gasteiger partial charge in [0.2, 0.25) is 0 Å². The van der Waals surface area contributed by atoms with Gasteiger partial charge in [-0.1, -0.05) is 36.7 Å². The van der Waals surface area contributed by atoms with Crippen molar-refractivity contribution < 1.29 is 19.4 Å². The molecule has 2 aliphatic rings. The second-order valence-corrected chi connectivity index (χ2v) is 8.69. The number of halogens is 1. The van der Waals surface area contributed by atoms with E-state index in [1.807, 2.05) is 24.3 Å². The summed E-state index contributed by atoms with van der Waals surface area (Å²) in [6.45, 7) is 5.66. The van der Waals surface area contributed by atoms with Crippen LogP contribution < -0.4 is 9.47 Å². The maximum Gasteiger partial charge on any atom is 0.304 e. The van der Waals surface area contributed by atoms with Crippen LogP contribution in [-0.2, 0) is 23.2 Å². The lowest BCUT2D eigenvalue weighted by Crippen LogP contribution is -2.44. The third kappa shape index (κ3) is 4.42. The summed E-state index contributed by atoms with van der Waals surface area (Å²) in [4.78, 5) is 13.1. The van der Waals surface area contributed by atoms with Gasteiger partial charge in [-0.05, 0) is 50.0 Å². The van der Waals surface area contributed by atoms with E-state index in [2.05, 4.69) is 24.0 Å². The molecule has 2 heterocycles. The van der Waals surface area contributed by atoms with Gasteiger partial charge in [0.15, 0.2) is 0 Å². The Balaban J connectivity index is 1.40. The number of nitrogens with zero attached hydrogens (tertiary/aromatic N) is 1. The molecule has 1 spiro atoms. The maximum atomic E-state index is 10.8. The highest BCUT2D eigenvalue weighted by Crippen LogP contribution is 2.46. The molecule has 0 aliphatic carbocycles. The summed E-state index contributed by atoms with van der Waals surface area (Å²) in [5.41, 5.74) is 3.51. The number of fused-ring (bicyclic) bond motifs is 2. The first-order chi connectivity index (χ1) is 14.5. The number of ether oxygens (including phenoxy) is 2. The van der Waals surface area contributed by atoms with Crippen molar-refractivity contribution >= 4 is 17.6 Å². The van der Waals surface area contributed by atoms with Gasteiger partial charge in [0.25, 0.3) is 0 Å². The van der Waals surface area contributed by atoms with E-state index in [-0.39, 0.29) is 11.8 Å². The Bertz CT molecular complexity index is 921. The molecule has 2 aromatic rings. The number of hydrogen-bond acceptors (Lipinski definition) is 4. The van der Waals surface area contributed by atoms with Gasteiger partial charge in [0.05, 0.1) is 13.0 Å². The van der Waals surface area contributed by atoms with Crippen LogP contribution in [0.2, 0.25) is 5.02 Å². The Morgan fingerprint density at radius 2 is 2.03 bits per heavy atom. The minimum Gasteiger partial charge on any atom is -0.492 e. The zero-order valence-electron chi connectivity index (χ0n) is 17.3. The number of carboxylic acids is 1. The summed E-state index contributed by atoms with van der Waals surface area (Å²) in [5.74, 6) is 0.947. The smallest absolute Gasteiger partial charge is 0.304 e. The van der Waals surface area contributed by atoms with Crippen LogP contribution >= 0.6 is 11.6 Å². The number of aryl methyl sites for hydroxylation is 1. The SMILES string of the molecule is CCc1ccc(Cl)c(COc2ccc3c(c2)OCC32CCN(CCC(=O)O)CC2)c1. The average Bonchev–Trinajstić information content (AvgIpc) is 3.10. The Morgan fingerprint density at radius 1 is 1.23 bits per heavy atom. The molecule has 0 bridgehead atoms. The van der Waals surface area contributed by atoms with Crippen molar-refractivity contribution in [3.8, 4) is 11.5 Å². The Labute approximate surface area is 182 Å². The first kappa shape index (κ1) is 21.0. The summed E-state index contributed by atoms with van der Waals surface area (Å²) >= 11 is 6.32. The van der Waals surface area contributed by atoms with Crippen molar-refractivity contribution in [3.63, 3.8) is 0 Å². The molecule has 0 saturated carbocycles. The van der Waals surface area contributed by atoms with Gasteiger partial charge in [-0.25, -0.2) is 0 Å². The number of hydrogen-bond donors (Lipinski definition) is 1. The quantitative estimate of drug-likeness (QED) is 0.692. The van der Waals surface area contributed by atoms with E-state index in [4.69, 9.17) is 26.2 Å². The van der Waals surface area contributed by atoms with Gasteiger partial charge in [-0.15, -0.1) is 0 Å². The predicted octanol–water partition coefficient (Wildman–Crippen LogP) is 4.68. The molecule has 6 heteroatoms. The fourth-order valence-corrected chi connectivity index (χ4v) is 4.61. The molecule has 2 aliphatic heterocycles. The number of carboxylic acid groups (broad SMARTS) is 1. The molecular formula is C24H28ClNO4. The van der Waals surface area contributed by atoms with Crippen LogP contribution in [-0.4, -0.2) is 42.2 Å². The van der Waals surface area contributed by atoms with Gasteiger partial charge in [0.1, 0.15) is 18.1 Å². The molecule has 160 valence electrons. The molecule has 0 aromatic heterocycles. The standard InChI is InChI=1S/C24H28ClNO4/c1-2-17-3-6-21(25)18(13-17)15-29-19-4-5-20-22(14-19)30-16-24(20)8-11-26(12-9-24)10-7-23(27)28/h3-6,13-14H,2,7-12,15-16H2,1H3,(H,27,28). The Kier molecular flexibility index (Phi) is 6.21. The van der Waals surface area contributed by atoms with Crippen LogP contribution in [0.1, 0.15) is 42.9 Å². The van der Waals surface area contributed by atoms with Crippen molar-refractivity contribution in [3.05, 3.63) is 58.1 Å². The first-order valence-corrected chi connectivity index (χ1v) is 11.0. The number of carbonyl (C=O) groups is 1. The van der Waals surface area contributed by atoms with Crippen LogP contribution in [0.3, 0.4) is 0 Å². The van der Waals surface area contributed by atoms with Crippen molar-refractivity contribution in [1.29, 1.82) is 0 Å². The minimum atomic E-state index is -0.736. The number of rotatable bonds is 7. The zero-order chi connectivity index (χ0) is 21.1. The molecule has 0 amide bonds. The third-order valence-electron chi connectivity index (χ3n) is 6.40. The van der Waals surface area contributed by atoms with E-state index >= 15 is 0 Å². The summed E-state index contributed by atoms with van der Waals surface area (Å²) in [6, 6.07) is 12.2. The van der Waals surface area contributed by atoms with Gasteiger partial charge in [0, 0.05) is 34.2 Å². The molecule has 1 fully saturated rings. The summed E-state index contributed by atoms with van der Waals surface area (Å²) in [6.07, 6.45) is 3.14. The molecule has 0 radical (unpaired) electrons. The fourth-order valence-electron chi connectivity index (χ4n) is 4.44. The normalized spacial score (nSPS) is 17.5. The van der Waals surface area contributed by atoms with Crippen molar-refractivity contribution in [2.75, 3.05) is 26.2 Å². The van der Waals surface area contributed by atoms with E-state index in [0.29, 0.717) is 19.8 Å². The minimum absolute atomic E-state index is 0.0341. The molecule has 2 aromatic carbocycles. The lowest BCUT2D eigenvalue weighted by Gasteiger charge is -2.38. The van der Waals surface area contributed by atoms with Crippen LogP contribution in [0.5, 0.6) is 11.5 Å². The second kappa shape index (κ2) is 8.86. The van der Waals surface area contributed by atoms with E-state index < -0.39 is 5.97 Å². The summed E-state index contributed by atoms with van der Waals surface area (Å²) < 4.78 is 12.1. The van der Waals surface area contributed by atoms with E-state index in [9.17, 15) is 4.79 Å². The van der Waals surface area contributed by atoms with Gasteiger partial charge in [-0.2, -0.15) is 0 Å². The first-order valence-electron chi connectivity index (χ1n) is 10.6. The highest BCUT2D eigenvalue weighted by molar-refractivity contribution is 6.31. The summed E-state index contributed by atoms with van der Waals surface area (Å²) in [7, 11) is 0. The Morgan fingerprint density at radius 3 is 2.77 bits per heavy atom. The van der Waals surface area contributed by atoms with Gasteiger partial charge >= 0.3 is 5.97 Å². The average molecular weight is 430 g/mol. The van der Waals surface area contributed by atoms with Crippen molar-refractivity contribution in [1.82, 2.24) is 4.90 Å². The summed E-state index contributed by atoms with van der Waals surface area (Å²) in [5, 5.41) is 9.62. The van der Waals surface area contributed by atoms with Gasteiger partial charge < -0.3 is 19.5 Å². The van der Waals surface area contributed by atoms with E-state index in [1.54, 1.807) is 0 Å². The maximum absolute atomic E-state index is 10.8. The molecule has 30 heavy (non-hydrogen) atoms. The van der Waals surface area contributed by atoms with Crippen LogP contribution in [0.15, 0.2) is 36.4 Å². The van der Waals surface area contributed by atoms with Crippen LogP contribution in [0, 0.1) is 0 Å². The molecule has 1 saturated heterocycles. The van der Waals surface area contributed by atoms with Crippen LogP contribution in [0.25, 0.3) is 0 Å². The monoisotopic (exact) mass is 429 g/mol. The molecular weight excluding hydrogens is 402 g/mol. The largest absolute Gasteiger partial charge is 0.492 e. The molecule has 1 N–H and O–H groups in total. The van der Waals surface area contributed by atoms with Crippen LogP contribution in [0.4, 0.5) is 0 Å². The number of aliphatic carboxylic acids is 1. The third-order valence-corrected chi connectivity index (χ3v) is 6.76. The van der Waals surface area contributed by atoms with Crippen molar-refractivity contribution in [2.24, 2.45) is 0 Å². The highest BCUT2D eigenvalue weighted by Gasteiger charge is 2.43.